The Morgan fingerprint density at radius 1 is 1.35 bits per heavy atom. The van der Waals surface area contributed by atoms with E-state index in [1.54, 1.807) is 12.1 Å². The predicted octanol–water partition coefficient (Wildman–Crippen LogP) is 1.15. The van der Waals surface area contributed by atoms with Crippen molar-refractivity contribution in [2.24, 2.45) is 5.92 Å². The molecule has 1 heterocycles. The number of rotatable bonds is 4. The Hall–Kier alpha value is -1.89. The molecule has 0 aromatic heterocycles. The first kappa shape index (κ1) is 14.5. The lowest BCUT2D eigenvalue weighted by Crippen LogP contribution is -2.17. The van der Waals surface area contributed by atoms with Gasteiger partial charge in [0.15, 0.2) is 9.84 Å². The van der Waals surface area contributed by atoms with E-state index in [0.717, 1.165) is 0 Å². The number of carbonyl (C=O) groups is 2. The highest BCUT2D eigenvalue weighted by Gasteiger charge is 2.29. The fourth-order valence-electron chi connectivity index (χ4n) is 2.24. The third-order valence-corrected chi connectivity index (χ3v) is 5.03. The molecule has 0 unspecified atom stereocenters. The van der Waals surface area contributed by atoms with Gasteiger partial charge in [0.2, 0.25) is 5.91 Å². The van der Waals surface area contributed by atoms with E-state index in [1.165, 1.54) is 12.1 Å². The van der Waals surface area contributed by atoms with Crippen molar-refractivity contribution >= 4 is 27.4 Å². The Morgan fingerprint density at radius 2 is 2.10 bits per heavy atom. The van der Waals surface area contributed by atoms with Crippen LogP contribution in [0.15, 0.2) is 24.3 Å². The fourth-order valence-corrected chi connectivity index (χ4v) is 4.10. The average Bonchev–Trinajstić information content (AvgIpc) is 2.68. The van der Waals surface area contributed by atoms with Gasteiger partial charge < -0.3 is 10.4 Å². The number of benzene rings is 1. The molecule has 2 rings (SSSR count). The summed E-state index contributed by atoms with van der Waals surface area (Å²) in [5.74, 6) is -1.32. The number of sulfone groups is 1. The maximum absolute atomic E-state index is 11.8. The van der Waals surface area contributed by atoms with Gasteiger partial charge in [-0.1, -0.05) is 6.07 Å². The molecule has 0 bridgehead atoms. The summed E-state index contributed by atoms with van der Waals surface area (Å²) >= 11 is 0. The Kier molecular flexibility index (Phi) is 4.08. The number of anilines is 1. The molecule has 1 aliphatic heterocycles. The highest BCUT2D eigenvalue weighted by Crippen LogP contribution is 2.22. The van der Waals surface area contributed by atoms with Gasteiger partial charge in [-0.3, -0.25) is 4.79 Å². The van der Waals surface area contributed by atoms with E-state index >= 15 is 0 Å². The second-order valence-corrected chi connectivity index (χ2v) is 7.14. The normalized spacial score (nSPS) is 20.5. The molecule has 20 heavy (non-hydrogen) atoms. The van der Waals surface area contributed by atoms with Crippen LogP contribution in [0.2, 0.25) is 0 Å². The van der Waals surface area contributed by atoms with Gasteiger partial charge >= 0.3 is 5.97 Å². The number of carboxylic acids is 1. The molecule has 108 valence electrons. The average molecular weight is 297 g/mol. The van der Waals surface area contributed by atoms with E-state index in [9.17, 15) is 18.0 Å². The number of aromatic carboxylic acids is 1. The van der Waals surface area contributed by atoms with Crippen LogP contribution in [0, 0.1) is 5.92 Å². The maximum Gasteiger partial charge on any atom is 0.335 e. The molecule has 6 nitrogen and oxygen atoms in total. The van der Waals surface area contributed by atoms with Gasteiger partial charge in [0.1, 0.15) is 0 Å². The topological polar surface area (TPSA) is 101 Å². The molecular formula is C13H15NO5S. The standard InChI is InChI=1S/C13H15NO5S/c15-12(6-9-4-5-20(18,19)8-9)14-11-3-1-2-10(7-11)13(16)17/h1-3,7,9H,4-6,8H2,(H,14,15)(H,16,17)/t9-/m1/s1. The zero-order valence-electron chi connectivity index (χ0n) is 10.7. The molecule has 1 amide bonds. The molecule has 0 radical (unpaired) electrons. The lowest BCUT2D eigenvalue weighted by Gasteiger charge is -2.09. The smallest absolute Gasteiger partial charge is 0.335 e. The second-order valence-electron chi connectivity index (χ2n) is 4.91. The van der Waals surface area contributed by atoms with Crippen molar-refractivity contribution in [2.45, 2.75) is 12.8 Å². The van der Waals surface area contributed by atoms with Crippen molar-refractivity contribution in [1.82, 2.24) is 0 Å². The molecular weight excluding hydrogens is 282 g/mol. The lowest BCUT2D eigenvalue weighted by atomic mass is 10.0. The van der Waals surface area contributed by atoms with Crippen LogP contribution in [0.4, 0.5) is 5.69 Å². The number of carbonyl (C=O) groups excluding carboxylic acids is 1. The first-order valence-electron chi connectivity index (χ1n) is 6.19. The molecule has 2 N–H and O–H groups in total. The quantitative estimate of drug-likeness (QED) is 0.868. The Balaban J connectivity index is 1.95. The fraction of sp³-hybridized carbons (Fsp3) is 0.385. The molecule has 1 fully saturated rings. The number of amides is 1. The summed E-state index contributed by atoms with van der Waals surface area (Å²) in [5, 5.41) is 11.4. The van der Waals surface area contributed by atoms with Crippen molar-refractivity contribution in [3.63, 3.8) is 0 Å². The molecule has 0 aliphatic carbocycles. The van der Waals surface area contributed by atoms with Crippen LogP contribution in [0.5, 0.6) is 0 Å². The summed E-state index contributed by atoms with van der Waals surface area (Å²) in [6.07, 6.45) is 0.640. The van der Waals surface area contributed by atoms with Gasteiger partial charge in [0, 0.05) is 12.1 Å². The molecule has 1 aromatic carbocycles. The van der Waals surface area contributed by atoms with Crippen LogP contribution in [0.1, 0.15) is 23.2 Å². The number of hydrogen-bond donors (Lipinski definition) is 2. The zero-order valence-corrected chi connectivity index (χ0v) is 11.5. The summed E-state index contributed by atoms with van der Waals surface area (Å²) < 4.78 is 22.6. The first-order valence-corrected chi connectivity index (χ1v) is 8.01. The number of nitrogens with one attached hydrogen (secondary N) is 1. The maximum atomic E-state index is 11.8. The van der Waals surface area contributed by atoms with Crippen LogP contribution in [-0.4, -0.2) is 36.9 Å². The predicted molar refractivity (Wildman–Crippen MR) is 73.4 cm³/mol. The third kappa shape index (κ3) is 3.80. The van der Waals surface area contributed by atoms with E-state index in [2.05, 4.69) is 5.32 Å². The summed E-state index contributed by atoms with van der Waals surface area (Å²) in [6, 6.07) is 5.93. The largest absolute Gasteiger partial charge is 0.478 e. The minimum absolute atomic E-state index is 0.0512. The number of hydrogen-bond acceptors (Lipinski definition) is 4. The van der Waals surface area contributed by atoms with E-state index < -0.39 is 15.8 Å². The third-order valence-electron chi connectivity index (χ3n) is 3.19. The summed E-state index contributed by atoms with van der Waals surface area (Å²) in [5.41, 5.74) is 0.488. The van der Waals surface area contributed by atoms with Crippen LogP contribution in [0.25, 0.3) is 0 Å². The van der Waals surface area contributed by atoms with Crippen LogP contribution in [0.3, 0.4) is 0 Å². The first-order chi connectivity index (χ1) is 9.35. The van der Waals surface area contributed by atoms with Gasteiger partial charge in [-0.05, 0) is 30.5 Å². The lowest BCUT2D eigenvalue weighted by molar-refractivity contribution is -0.116. The molecule has 1 saturated heterocycles. The molecule has 1 atom stereocenters. The number of carboxylic acid groups (broad SMARTS) is 1. The minimum atomic E-state index is -2.99. The minimum Gasteiger partial charge on any atom is -0.478 e. The monoisotopic (exact) mass is 297 g/mol. The van der Waals surface area contributed by atoms with E-state index in [-0.39, 0.29) is 35.3 Å². The Bertz CT molecular complexity index is 638. The highest BCUT2D eigenvalue weighted by atomic mass is 32.2. The molecule has 1 aromatic rings. The van der Waals surface area contributed by atoms with Gasteiger partial charge in [-0.15, -0.1) is 0 Å². The Morgan fingerprint density at radius 3 is 2.70 bits per heavy atom. The summed E-state index contributed by atoms with van der Waals surface area (Å²) in [4.78, 5) is 22.6. The van der Waals surface area contributed by atoms with E-state index in [4.69, 9.17) is 5.11 Å². The van der Waals surface area contributed by atoms with Crippen LogP contribution >= 0.6 is 0 Å². The van der Waals surface area contributed by atoms with E-state index in [0.29, 0.717) is 12.1 Å². The van der Waals surface area contributed by atoms with Crippen LogP contribution < -0.4 is 5.32 Å². The van der Waals surface area contributed by atoms with Crippen molar-refractivity contribution < 1.29 is 23.1 Å². The zero-order chi connectivity index (χ0) is 14.8. The van der Waals surface area contributed by atoms with Gasteiger partial charge in [-0.25, -0.2) is 13.2 Å². The van der Waals surface area contributed by atoms with Gasteiger partial charge in [-0.2, -0.15) is 0 Å². The van der Waals surface area contributed by atoms with Gasteiger partial charge in [0.25, 0.3) is 0 Å². The SMILES string of the molecule is O=C(C[C@H]1CCS(=O)(=O)C1)Nc1cccc(C(=O)O)c1. The second kappa shape index (κ2) is 5.62. The highest BCUT2D eigenvalue weighted by molar-refractivity contribution is 7.91. The molecule has 0 spiro atoms. The molecule has 1 aliphatic rings. The molecule has 7 heteroatoms. The summed E-state index contributed by atoms with van der Waals surface area (Å²) in [6.45, 7) is 0. The summed E-state index contributed by atoms with van der Waals surface area (Å²) in [7, 11) is -2.99. The van der Waals surface area contributed by atoms with Gasteiger partial charge in [0.05, 0.1) is 17.1 Å². The van der Waals surface area contributed by atoms with Crippen molar-refractivity contribution in [3.8, 4) is 0 Å². The van der Waals surface area contributed by atoms with Crippen LogP contribution in [-0.2, 0) is 14.6 Å². The Labute approximate surface area is 116 Å². The van der Waals surface area contributed by atoms with Crippen molar-refractivity contribution in [3.05, 3.63) is 29.8 Å². The van der Waals surface area contributed by atoms with Crippen molar-refractivity contribution in [1.29, 1.82) is 0 Å². The van der Waals surface area contributed by atoms with E-state index in [1.807, 2.05) is 0 Å². The molecule has 0 saturated carbocycles. The van der Waals surface area contributed by atoms with Crippen molar-refractivity contribution in [2.75, 3.05) is 16.8 Å².